The molecule has 1 aromatic rings. The van der Waals surface area contributed by atoms with Crippen LogP contribution in [0.1, 0.15) is 19.3 Å². The van der Waals surface area contributed by atoms with Gasteiger partial charge in [0.15, 0.2) is 0 Å². The van der Waals surface area contributed by atoms with E-state index in [0.717, 1.165) is 31.8 Å². The molecular formula is C14H21FN2O. The predicted molar refractivity (Wildman–Crippen MR) is 70.2 cm³/mol. The molecule has 1 atom stereocenters. The maximum absolute atomic E-state index is 12.7. The maximum Gasteiger partial charge on any atom is 0.123 e. The Hall–Kier alpha value is -1.13. The van der Waals surface area contributed by atoms with Crippen LogP contribution in [0, 0.1) is 5.82 Å². The molecule has 1 aliphatic rings. The Morgan fingerprint density at radius 1 is 1.33 bits per heavy atom. The van der Waals surface area contributed by atoms with Crippen LogP contribution in [0.25, 0.3) is 0 Å². The van der Waals surface area contributed by atoms with Crippen LogP contribution in [0.5, 0.6) is 5.75 Å². The van der Waals surface area contributed by atoms with E-state index in [1.54, 1.807) is 12.1 Å². The van der Waals surface area contributed by atoms with Gasteiger partial charge in [0.1, 0.15) is 11.6 Å². The fourth-order valence-corrected chi connectivity index (χ4v) is 2.44. The van der Waals surface area contributed by atoms with Gasteiger partial charge in [-0.1, -0.05) is 0 Å². The van der Waals surface area contributed by atoms with Crippen molar-refractivity contribution in [3.63, 3.8) is 0 Å². The number of nitrogens with two attached hydrogens (primary N) is 1. The minimum absolute atomic E-state index is 0.231. The number of rotatable bonds is 6. The average molecular weight is 252 g/mol. The molecule has 1 heterocycles. The zero-order valence-corrected chi connectivity index (χ0v) is 10.6. The van der Waals surface area contributed by atoms with Crippen molar-refractivity contribution in [1.29, 1.82) is 0 Å². The fourth-order valence-electron chi connectivity index (χ4n) is 2.44. The molecule has 1 aromatic carbocycles. The highest BCUT2D eigenvalue weighted by molar-refractivity contribution is 5.21. The molecule has 3 nitrogen and oxygen atoms in total. The molecule has 1 aliphatic heterocycles. The van der Waals surface area contributed by atoms with Crippen LogP contribution in [0.15, 0.2) is 24.3 Å². The molecule has 0 radical (unpaired) electrons. The third kappa shape index (κ3) is 3.68. The van der Waals surface area contributed by atoms with Gasteiger partial charge in [-0.25, -0.2) is 4.39 Å². The second-order valence-electron chi connectivity index (χ2n) is 4.72. The van der Waals surface area contributed by atoms with Gasteiger partial charge in [0.05, 0.1) is 6.61 Å². The molecule has 1 fully saturated rings. The number of hydrogen-bond acceptors (Lipinski definition) is 3. The highest BCUT2D eigenvalue weighted by atomic mass is 19.1. The second kappa shape index (κ2) is 6.71. The van der Waals surface area contributed by atoms with E-state index in [-0.39, 0.29) is 5.82 Å². The quantitative estimate of drug-likeness (QED) is 0.787. The Balaban J connectivity index is 1.65. The van der Waals surface area contributed by atoms with E-state index < -0.39 is 0 Å². The highest BCUT2D eigenvalue weighted by Crippen LogP contribution is 2.16. The Morgan fingerprint density at radius 2 is 2.11 bits per heavy atom. The van der Waals surface area contributed by atoms with E-state index >= 15 is 0 Å². The van der Waals surface area contributed by atoms with Gasteiger partial charge in [0.25, 0.3) is 0 Å². The van der Waals surface area contributed by atoms with Crippen molar-refractivity contribution < 1.29 is 9.13 Å². The normalized spacial score (nSPS) is 20.2. The lowest BCUT2D eigenvalue weighted by molar-refractivity contribution is 0.224. The summed E-state index contributed by atoms with van der Waals surface area (Å²) in [6.45, 7) is 3.60. The van der Waals surface area contributed by atoms with Crippen LogP contribution in [0.3, 0.4) is 0 Å². The van der Waals surface area contributed by atoms with Gasteiger partial charge >= 0.3 is 0 Å². The van der Waals surface area contributed by atoms with E-state index in [2.05, 4.69) is 4.90 Å². The Morgan fingerprint density at radius 3 is 2.83 bits per heavy atom. The molecule has 1 saturated heterocycles. The first kappa shape index (κ1) is 13.3. The van der Waals surface area contributed by atoms with Gasteiger partial charge in [0, 0.05) is 19.1 Å². The molecule has 2 rings (SSSR count). The SMILES string of the molecule is NCC1CCCN1CCCOc1ccc(F)cc1. The van der Waals surface area contributed by atoms with Crippen LogP contribution >= 0.6 is 0 Å². The van der Waals surface area contributed by atoms with Gasteiger partial charge < -0.3 is 10.5 Å². The zero-order valence-electron chi connectivity index (χ0n) is 10.6. The summed E-state index contributed by atoms with van der Waals surface area (Å²) in [4.78, 5) is 2.44. The number of nitrogens with zero attached hydrogens (tertiary/aromatic N) is 1. The van der Waals surface area contributed by atoms with Crippen LogP contribution in [0.4, 0.5) is 4.39 Å². The largest absolute Gasteiger partial charge is 0.494 e. The molecule has 1 unspecified atom stereocenters. The van der Waals surface area contributed by atoms with Gasteiger partial charge in [-0.2, -0.15) is 0 Å². The summed E-state index contributed by atoms with van der Waals surface area (Å²) in [6, 6.07) is 6.71. The summed E-state index contributed by atoms with van der Waals surface area (Å²) in [5.74, 6) is 0.499. The van der Waals surface area contributed by atoms with Crippen LogP contribution < -0.4 is 10.5 Å². The monoisotopic (exact) mass is 252 g/mol. The lowest BCUT2D eigenvalue weighted by atomic mass is 10.2. The third-order valence-electron chi connectivity index (χ3n) is 3.44. The topological polar surface area (TPSA) is 38.5 Å². The highest BCUT2D eigenvalue weighted by Gasteiger charge is 2.22. The smallest absolute Gasteiger partial charge is 0.123 e. The van der Waals surface area contributed by atoms with Crippen molar-refractivity contribution in [3.8, 4) is 5.75 Å². The first-order valence-corrected chi connectivity index (χ1v) is 6.62. The van der Waals surface area contributed by atoms with Crippen molar-refractivity contribution >= 4 is 0 Å². The number of ether oxygens (including phenoxy) is 1. The number of hydrogen-bond donors (Lipinski definition) is 1. The fraction of sp³-hybridized carbons (Fsp3) is 0.571. The van der Waals surface area contributed by atoms with E-state index in [9.17, 15) is 4.39 Å². The predicted octanol–water partition coefficient (Wildman–Crippen LogP) is 2.02. The maximum atomic E-state index is 12.7. The summed E-state index contributed by atoms with van der Waals surface area (Å²) >= 11 is 0. The minimum atomic E-state index is -0.231. The number of benzene rings is 1. The Labute approximate surface area is 108 Å². The first-order chi connectivity index (χ1) is 8.79. The van der Waals surface area contributed by atoms with Crippen molar-refractivity contribution in [3.05, 3.63) is 30.1 Å². The van der Waals surface area contributed by atoms with Crippen molar-refractivity contribution in [2.75, 3.05) is 26.2 Å². The summed E-state index contributed by atoms with van der Waals surface area (Å²) in [7, 11) is 0. The average Bonchev–Trinajstić information content (AvgIpc) is 2.84. The molecule has 18 heavy (non-hydrogen) atoms. The summed E-state index contributed by atoms with van der Waals surface area (Å²) in [5.41, 5.74) is 5.73. The Kier molecular flexibility index (Phi) is 4.96. The molecule has 2 N–H and O–H groups in total. The molecule has 4 heteroatoms. The van der Waals surface area contributed by atoms with Gasteiger partial charge in [-0.3, -0.25) is 4.90 Å². The molecule has 0 amide bonds. The van der Waals surface area contributed by atoms with Crippen molar-refractivity contribution in [1.82, 2.24) is 4.90 Å². The van der Waals surface area contributed by atoms with E-state index in [1.807, 2.05) is 0 Å². The van der Waals surface area contributed by atoms with Gasteiger partial charge in [0.2, 0.25) is 0 Å². The van der Waals surface area contributed by atoms with Crippen molar-refractivity contribution in [2.45, 2.75) is 25.3 Å². The van der Waals surface area contributed by atoms with Crippen LogP contribution in [0.2, 0.25) is 0 Å². The molecule has 0 aliphatic carbocycles. The number of likely N-dealkylation sites (tertiary alicyclic amines) is 1. The van der Waals surface area contributed by atoms with Crippen molar-refractivity contribution in [2.24, 2.45) is 5.73 Å². The van der Waals surface area contributed by atoms with E-state index in [0.29, 0.717) is 12.6 Å². The minimum Gasteiger partial charge on any atom is -0.494 e. The molecule has 0 aromatic heterocycles. The summed E-state index contributed by atoms with van der Waals surface area (Å²) in [6.07, 6.45) is 3.45. The Bertz CT molecular complexity index is 355. The molecular weight excluding hydrogens is 231 g/mol. The third-order valence-corrected chi connectivity index (χ3v) is 3.44. The molecule has 0 spiro atoms. The van der Waals surface area contributed by atoms with Crippen LogP contribution in [-0.2, 0) is 0 Å². The van der Waals surface area contributed by atoms with Gasteiger partial charge in [-0.15, -0.1) is 0 Å². The molecule has 0 saturated carbocycles. The standard InChI is InChI=1S/C14H21FN2O/c15-12-4-6-14(7-5-12)18-10-2-9-17-8-1-3-13(17)11-16/h4-7,13H,1-3,8-11,16H2. The molecule has 100 valence electrons. The summed E-state index contributed by atoms with van der Waals surface area (Å²) < 4.78 is 18.3. The summed E-state index contributed by atoms with van der Waals surface area (Å²) in [5, 5.41) is 0. The first-order valence-electron chi connectivity index (χ1n) is 6.62. The van der Waals surface area contributed by atoms with E-state index in [1.165, 1.54) is 25.0 Å². The second-order valence-corrected chi connectivity index (χ2v) is 4.72. The lowest BCUT2D eigenvalue weighted by Gasteiger charge is -2.22. The lowest BCUT2D eigenvalue weighted by Crippen LogP contribution is -2.36. The van der Waals surface area contributed by atoms with E-state index in [4.69, 9.17) is 10.5 Å². The number of halogens is 1. The molecule has 0 bridgehead atoms. The van der Waals surface area contributed by atoms with Crippen LogP contribution in [-0.4, -0.2) is 37.2 Å². The van der Waals surface area contributed by atoms with Gasteiger partial charge in [-0.05, 0) is 50.1 Å². The zero-order chi connectivity index (χ0) is 12.8.